The monoisotopic (exact) mass is 327 g/mol. The normalized spacial score (nSPS) is 13.8. The number of nitrogens with zero attached hydrogens (tertiary/aromatic N) is 3. The molecule has 0 radical (unpaired) electrons. The third-order valence-electron chi connectivity index (χ3n) is 3.76. The number of hydrogen-bond acceptors (Lipinski definition) is 6. The van der Waals surface area contributed by atoms with Gasteiger partial charge < -0.3 is 9.26 Å². The molecule has 1 amide bonds. The Kier molecular flexibility index (Phi) is 4.41. The topological polar surface area (TPSA) is 85.0 Å². The minimum Gasteiger partial charge on any atom is -0.452 e. The van der Waals surface area contributed by atoms with E-state index in [1.807, 2.05) is 30.3 Å². The molecule has 2 aromatic rings. The molecular weight excluding hydrogens is 310 g/mol. The van der Waals surface area contributed by atoms with Crippen LogP contribution in [0, 0.1) is 13.8 Å². The molecule has 0 aliphatic carbocycles. The molecule has 1 aliphatic heterocycles. The number of carbonyl (C=O) groups excluding carboxylic acids is 2. The van der Waals surface area contributed by atoms with Crippen molar-refractivity contribution >= 4 is 17.6 Å². The lowest BCUT2D eigenvalue weighted by atomic mass is 10.1. The van der Waals surface area contributed by atoms with Crippen LogP contribution in [-0.2, 0) is 9.53 Å². The lowest BCUT2D eigenvalue weighted by molar-refractivity contribution is -0.134. The summed E-state index contributed by atoms with van der Waals surface area (Å²) in [6.45, 7) is 3.38. The van der Waals surface area contributed by atoms with Gasteiger partial charge in [0, 0.05) is 6.42 Å². The van der Waals surface area contributed by atoms with Crippen molar-refractivity contribution in [2.24, 2.45) is 5.10 Å². The fraction of sp³-hybridized carbons (Fsp3) is 0.294. The number of rotatable bonds is 4. The van der Waals surface area contributed by atoms with Gasteiger partial charge in [0.05, 0.1) is 18.0 Å². The summed E-state index contributed by atoms with van der Waals surface area (Å²) in [7, 11) is 0. The fourth-order valence-corrected chi connectivity index (χ4v) is 2.52. The summed E-state index contributed by atoms with van der Waals surface area (Å²) in [5, 5.41) is 9.34. The Bertz CT molecular complexity index is 776. The largest absolute Gasteiger partial charge is 0.452 e. The number of benzene rings is 1. The molecule has 0 fully saturated rings. The van der Waals surface area contributed by atoms with Crippen LogP contribution in [0.4, 0.5) is 0 Å². The number of aromatic nitrogens is 1. The molecule has 0 bridgehead atoms. The van der Waals surface area contributed by atoms with Gasteiger partial charge in [-0.15, -0.1) is 0 Å². The van der Waals surface area contributed by atoms with Crippen molar-refractivity contribution in [1.29, 1.82) is 0 Å². The molecule has 0 atom stereocenters. The Balaban J connectivity index is 1.60. The third-order valence-corrected chi connectivity index (χ3v) is 3.76. The standard InChI is InChI=1S/C17H17N3O4/c1-11-16(12(2)24-19-11)17(22)23-10-15(21)20-9-8-14(18-20)13-6-4-3-5-7-13/h3-7H,8-10H2,1-2H3. The minimum absolute atomic E-state index is 0.262. The summed E-state index contributed by atoms with van der Waals surface area (Å²) < 4.78 is 9.98. The first-order valence-electron chi connectivity index (χ1n) is 7.59. The van der Waals surface area contributed by atoms with Crippen LogP contribution < -0.4 is 0 Å². The lowest BCUT2D eigenvalue weighted by Crippen LogP contribution is -2.29. The third kappa shape index (κ3) is 3.19. The second-order valence-corrected chi connectivity index (χ2v) is 5.45. The first-order valence-corrected chi connectivity index (χ1v) is 7.59. The Labute approximate surface area is 138 Å². The molecular formula is C17H17N3O4. The van der Waals surface area contributed by atoms with E-state index in [0.717, 1.165) is 11.3 Å². The average molecular weight is 327 g/mol. The zero-order chi connectivity index (χ0) is 17.1. The van der Waals surface area contributed by atoms with Gasteiger partial charge in [0.2, 0.25) is 0 Å². The van der Waals surface area contributed by atoms with Crippen LogP contribution in [0.2, 0.25) is 0 Å². The Morgan fingerprint density at radius 2 is 2.00 bits per heavy atom. The molecule has 0 unspecified atom stereocenters. The van der Waals surface area contributed by atoms with Gasteiger partial charge >= 0.3 is 5.97 Å². The summed E-state index contributed by atoms with van der Waals surface area (Å²) in [4.78, 5) is 24.2. The number of amides is 1. The SMILES string of the molecule is Cc1noc(C)c1C(=O)OCC(=O)N1CCC(c2ccccc2)=N1. The molecule has 0 saturated heterocycles. The number of hydrazone groups is 1. The highest BCUT2D eigenvalue weighted by atomic mass is 16.5. The van der Waals surface area contributed by atoms with Crippen molar-refractivity contribution in [3.63, 3.8) is 0 Å². The number of hydrogen-bond donors (Lipinski definition) is 0. The Hall–Kier alpha value is -2.96. The summed E-state index contributed by atoms with van der Waals surface area (Å²) in [5.41, 5.74) is 2.54. The molecule has 1 aromatic carbocycles. The lowest BCUT2D eigenvalue weighted by Gasteiger charge is -2.11. The van der Waals surface area contributed by atoms with E-state index in [2.05, 4.69) is 10.3 Å². The van der Waals surface area contributed by atoms with Crippen LogP contribution >= 0.6 is 0 Å². The number of carbonyl (C=O) groups is 2. The van der Waals surface area contributed by atoms with Gasteiger partial charge in [0.25, 0.3) is 5.91 Å². The van der Waals surface area contributed by atoms with Crippen LogP contribution in [0.1, 0.15) is 33.8 Å². The maximum absolute atomic E-state index is 12.2. The predicted molar refractivity (Wildman–Crippen MR) is 85.6 cm³/mol. The highest BCUT2D eigenvalue weighted by molar-refractivity contribution is 6.02. The van der Waals surface area contributed by atoms with Crippen molar-refractivity contribution in [2.45, 2.75) is 20.3 Å². The van der Waals surface area contributed by atoms with E-state index in [1.54, 1.807) is 13.8 Å². The zero-order valence-corrected chi connectivity index (χ0v) is 13.5. The van der Waals surface area contributed by atoms with E-state index in [1.165, 1.54) is 5.01 Å². The molecule has 7 heteroatoms. The van der Waals surface area contributed by atoms with Gasteiger partial charge in [-0.25, -0.2) is 9.80 Å². The summed E-state index contributed by atoms with van der Waals surface area (Å²) in [5.74, 6) is -0.609. The van der Waals surface area contributed by atoms with Gasteiger partial charge in [-0.2, -0.15) is 5.10 Å². The molecule has 0 spiro atoms. The molecule has 7 nitrogen and oxygen atoms in total. The highest BCUT2D eigenvalue weighted by Crippen LogP contribution is 2.15. The molecule has 24 heavy (non-hydrogen) atoms. The van der Waals surface area contributed by atoms with Crippen molar-refractivity contribution in [3.8, 4) is 0 Å². The van der Waals surface area contributed by atoms with Crippen molar-refractivity contribution < 1.29 is 18.8 Å². The quantitative estimate of drug-likeness (QED) is 0.803. The molecule has 124 valence electrons. The van der Waals surface area contributed by atoms with Gasteiger partial charge in [-0.3, -0.25) is 4.79 Å². The van der Waals surface area contributed by atoms with E-state index in [0.29, 0.717) is 24.4 Å². The van der Waals surface area contributed by atoms with Gasteiger partial charge in [0.1, 0.15) is 11.3 Å². The Morgan fingerprint density at radius 3 is 2.67 bits per heavy atom. The van der Waals surface area contributed by atoms with Crippen molar-refractivity contribution in [3.05, 3.63) is 52.9 Å². The highest BCUT2D eigenvalue weighted by Gasteiger charge is 2.24. The van der Waals surface area contributed by atoms with Crippen LogP contribution in [0.25, 0.3) is 0 Å². The summed E-state index contributed by atoms with van der Waals surface area (Å²) >= 11 is 0. The fourth-order valence-electron chi connectivity index (χ4n) is 2.52. The van der Waals surface area contributed by atoms with E-state index in [-0.39, 0.29) is 18.1 Å². The van der Waals surface area contributed by atoms with E-state index < -0.39 is 5.97 Å². The van der Waals surface area contributed by atoms with Crippen LogP contribution in [0.15, 0.2) is 40.0 Å². The first-order chi connectivity index (χ1) is 11.6. The zero-order valence-electron chi connectivity index (χ0n) is 13.5. The predicted octanol–water partition coefficient (Wildman–Crippen LogP) is 2.08. The molecule has 1 aliphatic rings. The maximum Gasteiger partial charge on any atom is 0.344 e. The first kappa shape index (κ1) is 15.9. The second-order valence-electron chi connectivity index (χ2n) is 5.45. The average Bonchev–Trinajstić information content (AvgIpc) is 3.20. The van der Waals surface area contributed by atoms with Gasteiger partial charge in [-0.05, 0) is 19.4 Å². The minimum atomic E-state index is -0.619. The van der Waals surface area contributed by atoms with Crippen molar-refractivity contribution in [2.75, 3.05) is 13.2 Å². The molecule has 0 saturated carbocycles. The van der Waals surface area contributed by atoms with Crippen molar-refractivity contribution in [1.82, 2.24) is 10.2 Å². The Morgan fingerprint density at radius 1 is 1.25 bits per heavy atom. The summed E-state index contributed by atoms with van der Waals surface area (Å²) in [6.07, 6.45) is 0.674. The molecule has 1 aromatic heterocycles. The van der Waals surface area contributed by atoms with E-state index in [4.69, 9.17) is 9.26 Å². The van der Waals surface area contributed by atoms with Crippen LogP contribution in [0.5, 0.6) is 0 Å². The van der Waals surface area contributed by atoms with Gasteiger partial charge in [-0.1, -0.05) is 35.5 Å². The molecule has 2 heterocycles. The van der Waals surface area contributed by atoms with Gasteiger partial charge in [0.15, 0.2) is 6.61 Å². The van der Waals surface area contributed by atoms with E-state index >= 15 is 0 Å². The second kappa shape index (κ2) is 6.66. The molecule has 3 rings (SSSR count). The smallest absolute Gasteiger partial charge is 0.344 e. The number of ether oxygens (including phenoxy) is 1. The van der Waals surface area contributed by atoms with E-state index in [9.17, 15) is 9.59 Å². The number of aryl methyl sites for hydroxylation is 2. The maximum atomic E-state index is 12.2. The molecule has 0 N–H and O–H groups in total. The summed E-state index contributed by atoms with van der Waals surface area (Å²) in [6, 6.07) is 9.67. The van der Waals surface area contributed by atoms with Crippen LogP contribution in [0.3, 0.4) is 0 Å². The van der Waals surface area contributed by atoms with Crippen LogP contribution in [-0.4, -0.2) is 40.9 Å². The number of esters is 1.